The standard InChI is InChI=1S/C20H35N5O8S2/c1-34-9-7-11(21)17(29)23-13(8-10-35-2)19(31)24-12(4-6-16(27)28)18(30)25-14(20(32)33)3-5-15(22)26/h11-14H,3-10,21H2,1-2H3,(H2,22,26)(H,23,29)(H,24,31)(H,25,30)(H,27,28)(H,32,33). The summed E-state index contributed by atoms with van der Waals surface area (Å²) in [7, 11) is 0. The molecule has 0 aromatic carbocycles. The SMILES string of the molecule is CSCCC(N)C(=O)NC(CCSC)C(=O)NC(CCC(=O)O)C(=O)NC(CCC(N)=O)C(=O)O. The Morgan fingerprint density at radius 2 is 1.17 bits per heavy atom. The van der Waals surface area contributed by atoms with E-state index in [0.717, 1.165) is 0 Å². The number of rotatable bonds is 19. The van der Waals surface area contributed by atoms with Crippen LogP contribution in [-0.2, 0) is 28.8 Å². The second kappa shape index (κ2) is 17.8. The lowest BCUT2D eigenvalue weighted by molar-refractivity contribution is -0.143. The molecule has 4 amide bonds. The lowest BCUT2D eigenvalue weighted by Gasteiger charge is -2.25. The molecule has 0 bridgehead atoms. The summed E-state index contributed by atoms with van der Waals surface area (Å²) in [6.45, 7) is 0. The van der Waals surface area contributed by atoms with E-state index in [1.54, 1.807) is 0 Å². The summed E-state index contributed by atoms with van der Waals surface area (Å²) in [4.78, 5) is 71.5. The molecule has 0 fully saturated rings. The van der Waals surface area contributed by atoms with E-state index in [9.17, 15) is 33.9 Å². The van der Waals surface area contributed by atoms with Gasteiger partial charge in [0.2, 0.25) is 23.6 Å². The van der Waals surface area contributed by atoms with Gasteiger partial charge in [-0.05, 0) is 49.7 Å². The Balaban J connectivity index is 5.50. The minimum absolute atomic E-state index is 0.220. The molecule has 0 saturated heterocycles. The molecular weight excluding hydrogens is 502 g/mol. The van der Waals surface area contributed by atoms with E-state index in [1.165, 1.54) is 23.5 Å². The summed E-state index contributed by atoms with van der Waals surface area (Å²) in [5.74, 6) is -4.48. The molecule has 0 aromatic rings. The summed E-state index contributed by atoms with van der Waals surface area (Å²) >= 11 is 2.94. The van der Waals surface area contributed by atoms with Gasteiger partial charge in [0.1, 0.15) is 18.1 Å². The zero-order chi connectivity index (χ0) is 27.0. The average molecular weight is 538 g/mol. The fraction of sp³-hybridized carbons (Fsp3) is 0.700. The van der Waals surface area contributed by atoms with E-state index >= 15 is 0 Å². The van der Waals surface area contributed by atoms with Gasteiger partial charge in [0.05, 0.1) is 6.04 Å². The Morgan fingerprint density at radius 3 is 1.66 bits per heavy atom. The number of carbonyl (C=O) groups excluding carboxylic acids is 4. The Labute approximate surface area is 212 Å². The number of aliphatic carboxylic acids is 2. The number of primary amides is 1. The van der Waals surface area contributed by atoms with Crippen LogP contribution in [0.1, 0.15) is 38.5 Å². The van der Waals surface area contributed by atoms with Crippen LogP contribution in [0.25, 0.3) is 0 Å². The van der Waals surface area contributed by atoms with Gasteiger partial charge in [-0.25, -0.2) is 4.79 Å². The quantitative estimate of drug-likeness (QED) is 0.100. The normalized spacial score (nSPS) is 14.1. The van der Waals surface area contributed by atoms with Gasteiger partial charge in [0, 0.05) is 12.8 Å². The van der Waals surface area contributed by atoms with Gasteiger partial charge < -0.3 is 37.6 Å². The molecule has 200 valence electrons. The molecule has 0 heterocycles. The van der Waals surface area contributed by atoms with Gasteiger partial charge in [-0.2, -0.15) is 23.5 Å². The molecule has 0 saturated carbocycles. The number of nitrogens with one attached hydrogen (secondary N) is 3. The third-order valence-corrected chi connectivity index (χ3v) is 6.08. The summed E-state index contributed by atoms with van der Waals surface area (Å²) in [6, 6.07) is -4.74. The van der Waals surface area contributed by atoms with Gasteiger partial charge in [-0.15, -0.1) is 0 Å². The predicted molar refractivity (Wildman–Crippen MR) is 133 cm³/mol. The molecule has 4 unspecified atom stereocenters. The van der Waals surface area contributed by atoms with Crippen molar-refractivity contribution in [2.45, 2.75) is 62.7 Å². The van der Waals surface area contributed by atoms with Gasteiger partial charge in [-0.1, -0.05) is 0 Å². The maximum Gasteiger partial charge on any atom is 0.326 e. The minimum atomic E-state index is -1.47. The van der Waals surface area contributed by atoms with Crippen molar-refractivity contribution in [2.24, 2.45) is 11.5 Å². The first-order chi connectivity index (χ1) is 16.4. The molecule has 9 N–H and O–H groups in total. The van der Waals surface area contributed by atoms with Crippen molar-refractivity contribution in [2.75, 3.05) is 24.0 Å². The van der Waals surface area contributed by atoms with E-state index in [1.807, 2.05) is 12.5 Å². The molecule has 4 atom stereocenters. The van der Waals surface area contributed by atoms with Crippen LogP contribution in [0.3, 0.4) is 0 Å². The maximum absolute atomic E-state index is 12.9. The lowest BCUT2D eigenvalue weighted by atomic mass is 10.1. The molecule has 0 aromatic heterocycles. The second-order valence-corrected chi connectivity index (χ2v) is 9.60. The zero-order valence-electron chi connectivity index (χ0n) is 19.8. The third kappa shape index (κ3) is 14.5. The smallest absolute Gasteiger partial charge is 0.326 e. The van der Waals surface area contributed by atoms with Crippen molar-refractivity contribution < 1.29 is 39.0 Å². The fourth-order valence-corrected chi connectivity index (χ4v) is 3.75. The summed E-state index contributed by atoms with van der Waals surface area (Å²) in [5, 5.41) is 25.5. The fourth-order valence-electron chi connectivity index (χ4n) is 2.78. The Morgan fingerprint density at radius 1 is 0.714 bits per heavy atom. The highest BCUT2D eigenvalue weighted by Gasteiger charge is 2.30. The Hall–Kier alpha value is -2.52. The lowest BCUT2D eigenvalue weighted by Crippen LogP contribution is -2.57. The number of thioether (sulfide) groups is 2. The van der Waals surface area contributed by atoms with E-state index in [-0.39, 0.29) is 25.7 Å². The van der Waals surface area contributed by atoms with Crippen molar-refractivity contribution in [3.8, 4) is 0 Å². The van der Waals surface area contributed by atoms with Crippen LogP contribution < -0.4 is 27.4 Å². The minimum Gasteiger partial charge on any atom is -0.481 e. The van der Waals surface area contributed by atoms with Gasteiger partial charge in [-0.3, -0.25) is 24.0 Å². The molecule has 0 aliphatic heterocycles. The van der Waals surface area contributed by atoms with Crippen LogP contribution in [0.4, 0.5) is 0 Å². The molecule has 0 spiro atoms. The van der Waals surface area contributed by atoms with Crippen LogP contribution in [0.15, 0.2) is 0 Å². The first-order valence-electron chi connectivity index (χ1n) is 10.8. The van der Waals surface area contributed by atoms with Crippen LogP contribution in [-0.4, -0.2) is 94.0 Å². The van der Waals surface area contributed by atoms with Crippen molar-refractivity contribution in [3.05, 3.63) is 0 Å². The maximum atomic E-state index is 12.9. The molecular formula is C20H35N5O8S2. The van der Waals surface area contributed by atoms with Crippen LogP contribution >= 0.6 is 23.5 Å². The van der Waals surface area contributed by atoms with Crippen LogP contribution in [0.5, 0.6) is 0 Å². The molecule has 0 aliphatic carbocycles. The topological polar surface area (TPSA) is 231 Å². The summed E-state index contributed by atoms with van der Waals surface area (Å²) < 4.78 is 0. The van der Waals surface area contributed by atoms with Gasteiger partial charge in [0.15, 0.2) is 0 Å². The average Bonchev–Trinajstić information content (AvgIpc) is 2.79. The number of amides is 4. The van der Waals surface area contributed by atoms with Crippen molar-refractivity contribution >= 4 is 59.1 Å². The Kier molecular flexibility index (Phi) is 16.6. The largest absolute Gasteiger partial charge is 0.481 e. The molecule has 0 rings (SSSR count). The van der Waals surface area contributed by atoms with E-state index < -0.39 is 66.2 Å². The molecule has 13 nitrogen and oxygen atoms in total. The van der Waals surface area contributed by atoms with E-state index in [0.29, 0.717) is 17.9 Å². The van der Waals surface area contributed by atoms with Crippen molar-refractivity contribution in [3.63, 3.8) is 0 Å². The molecule has 35 heavy (non-hydrogen) atoms. The van der Waals surface area contributed by atoms with Gasteiger partial charge in [0.25, 0.3) is 0 Å². The van der Waals surface area contributed by atoms with Crippen molar-refractivity contribution in [1.82, 2.24) is 16.0 Å². The number of carboxylic acid groups (broad SMARTS) is 2. The number of carboxylic acids is 2. The molecule has 0 aliphatic rings. The molecule has 15 heteroatoms. The summed E-state index contributed by atoms with van der Waals surface area (Å²) in [5.41, 5.74) is 10.9. The first kappa shape index (κ1) is 32.5. The van der Waals surface area contributed by atoms with Gasteiger partial charge >= 0.3 is 11.9 Å². The number of nitrogens with two attached hydrogens (primary N) is 2. The zero-order valence-corrected chi connectivity index (χ0v) is 21.4. The van der Waals surface area contributed by atoms with E-state index in [2.05, 4.69) is 16.0 Å². The third-order valence-electron chi connectivity index (χ3n) is 4.79. The predicted octanol–water partition coefficient (Wildman–Crippen LogP) is -1.51. The number of hydrogen-bond donors (Lipinski definition) is 7. The first-order valence-corrected chi connectivity index (χ1v) is 13.6. The van der Waals surface area contributed by atoms with Crippen LogP contribution in [0, 0.1) is 0 Å². The summed E-state index contributed by atoms with van der Waals surface area (Å²) in [6.07, 6.45) is 2.89. The van der Waals surface area contributed by atoms with Crippen LogP contribution in [0.2, 0.25) is 0 Å². The molecule has 0 radical (unpaired) electrons. The van der Waals surface area contributed by atoms with Crippen molar-refractivity contribution in [1.29, 1.82) is 0 Å². The highest BCUT2D eigenvalue weighted by Crippen LogP contribution is 2.07. The van der Waals surface area contributed by atoms with E-state index in [4.69, 9.17) is 16.6 Å². The highest BCUT2D eigenvalue weighted by molar-refractivity contribution is 7.98. The Bertz CT molecular complexity index is 755. The second-order valence-electron chi connectivity index (χ2n) is 7.63. The highest BCUT2D eigenvalue weighted by atomic mass is 32.2. The number of hydrogen-bond acceptors (Lipinski definition) is 9. The number of carbonyl (C=O) groups is 6. The monoisotopic (exact) mass is 537 g/mol.